The number of carbonyl (C=O) groups excluding carboxylic acids is 1. The number of nitrogens with zero attached hydrogens (tertiary/aromatic N) is 2. The Labute approximate surface area is 155 Å². The summed E-state index contributed by atoms with van der Waals surface area (Å²) in [7, 11) is 0. The maximum Gasteiger partial charge on any atom is 0.226 e. The molecular formula is C21H28N2O3. The molecule has 0 saturated carbocycles. The van der Waals surface area contributed by atoms with Crippen LogP contribution in [0.2, 0.25) is 0 Å². The van der Waals surface area contributed by atoms with Gasteiger partial charge in [-0.15, -0.1) is 0 Å². The lowest BCUT2D eigenvalue weighted by Gasteiger charge is -2.24. The molecule has 1 aromatic rings. The average Bonchev–Trinajstić information content (AvgIpc) is 3.29. The van der Waals surface area contributed by atoms with E-state index in [-0.39, 0.29) is 17.6 Å². The highest BCUT2D eigenvalue weighted by molar-refractivity contribution is 5.79. The highest BCUT2D eigenvalue weighted by Gasteiger charge is 2.47. The van der Waals surface area contributed by atoms with E-state index >= 15 is 0 Å². The third kappa shape index (κ3) is 4.15. The van der Waals surface area contributed by atoms with Crippen LogP contribution in [0.4, 0.5) is 0 Å². The molecule has 2 aliphatic heterocycles. The molecule has 4 rings (SSSR count). The van der Waals surface area contributed by atoms with Crippen molar-refractivity contribution in [3.63, 3.8) is 0 Å². The lowest BCUT2D eigenvalue weighted by atomic mass is 9.96. The third-order valence-corrected chi connectivity index (χ3v) is 5.84. The van der Waals surface area contributed by atoms with Crippen LogP contribution in [-0.2, 0) is 20.9 Å². The quantitative estimate of drug-likeness (QED) is 0.760. The number of ether oxygens (including phenoxy) is 2. The lowest BCUT2D eigenvalue weighted by Crippen LogP contribution is -2.36. The molecule has 5 heteroatoms. The van der Waals surface area contributed by atoms with Crippen molar-refractivity contribution in [3.05, 3.63) is 41.7 Å². The number of hydrogen-bond acceptors (Lipinski definition) is 4. The molecule has 0 aromatic carbocycles. The maximum atomic E-state index is 12.6. The predicted molar refractivity (Wildman–Crippen MR) is 98.5 cm³/mol. The lowest BCUT2D eigenvalue weighted by molar-refractivity contribution is -0.130. The molecule has 5 nitrogen and oxygen atoms in total. The molecule has 3 heterocycles. The molecule has 1 aromatic heterocycles. The summed E-state index contributed by atoms with van der Waals surface area (Å²) in [6.45, 7) is 2.74. The van der Waals surface area contributed by atoms with E-state index in [1.165, 1.54) is 18.4 Å². The summed E-state index contributed by atoms with van der Waals surface area (Å²) in [5.74, 6) is 0.264. The summed E-state index contributed by atoms with van der Waals surface area (Å²) in [6, 6.07) is 3.95. The highest BCUT2D eigenvalue weighted by atomic mass is 16.6. The Balaban J connectivity index is 1.26. The molecular weight excluding hydrogens is 328 g/mol. The molecule has 0 radical (unpaired) electrons. The van der Waals surface area contributed by atoms with E-state index < -0.39 is 0 Å². The Morgan fingerprint density at radius 1 is 1.35 bits per heavy atom. The number of amides is 1. The van der Waals surface area contributed by atoms with Gasteiger partial charge in [-0.25, -0.2) is 0 Å². The van der Waals surface area contributed by atoms with Crippen LogP contribution in [0, 0.1) is 0 Å². The molecule has 140 valence electrons. The molecule has 3 aliphatic rings. The summed E-state index contributed by atoms with van der Waals surface area (Å²) in [6.07, 6.45) is 13.1. The van der Waals surface area contributed by atoms with Crippen molar-refractivity contribution >= 4 is 5.91 Å². The van der Waals surface area contributed by atoms with Gasteiger partial charge in [-0.05, 0) is 49.8 Å². The first-order valence-corrected chi connectivity index (χ1v) is 9.83. The van der Waals surface area contributed by atoms with Gasteiger partial charge >= 0.3 is 0 Å². The molecule has 1 amide bonds. The van der Waals surface area contributed by atoms with Crippen molar-refractivity contribution in [2.45, 2.75) is 63.3 Å². The van der Waals surface area contributed by atoms with Crippen molar-refractivity contribution in [1.82, 2.24) is 9.88 Å². The summed E-state index contributed by atoms with van der Waals surface area (Å²) < 4.78 is 12.2. The van der Waals surface area contributed by atoms with E-state index in [9.17, 15) is 4.79 Å². The summed E-state index contributed by atoms with van der Waals surface area (Å²) in [5, 5.41) is 0. The Hall–Kier alpha value is -1.72. The minimum absolute atomic E-state index is 0.110. The number of rotatable bonds is 5. The van der Waals surface area contributed by atoms with Gasteiger partial charge in [-0.1, -0.05) is 11.6 Å². The molecule has 2 fully saturated rings. The molecule has 0 bridgehead atoms. The normalized spacial score (nSPS) is 28.5. The van der Waals surface area contributed by atoms with Gasteiger partial charge < -0.3 is 14.4 Å². The fourth-order valence-corrected chi connectivity index (χ4v) is 4.32. The van der Waals surface area contributed by atoms with E-state index in [2.05, 4.69) is 11.1 Å². The van der Waals surface area contributed by atoms with Crippen molar-refractivity contribution in [2.24, 2.45) is 0 Å². The number of likely N-dealkylation sites (tertiary alicyclic amines) is 1. The predicted octanol–water partition coefficient (Wildman–Crippen LogP) is 3.25. The monoisotopic (exact) mass is 356 g/mol. The molecule has 2 saturated heterocycles. The van der Waals surface area contributed by atoms with Crippen molar-refractivity contribution in [2.75, 3.05) is 19.7 Å². The van der Waals surface area contributed by atoms with Gasteiger partial charge in [-0.3, -0.25) is 9.78 Å². The smallest absolute Gasteiger partial charge is 0.226 e. The first-order chi connectivity index (χ1) is 12.7. The first-order valence-electron chi connectivity index (χ1n) is 9.83. The molecule has 1 aliphatic carbocycles. The average molecular weight is 356 g/mol. The molecule has 26 heavy (non-hydrogen) atoms. The van der Waals surface area contributed by atoms with E-state index in [4.69, 9.17) is 9.47 Å². The zero-order chi connectivity index (χ0) is 17.8. The molecule has 2 atom stereocenters. The summed E-state index contributed by atoms with van der Waals surface area (Å²) >= 11 is 0. The van der Waals surface area contributed by atoms with Gasteiger partial charge in [0.15, 0.2) is 0 Å². The van der Waals surface area contributed by atoms with Gasteiger partial charge in [-0.2, -0.15) is 0 Å². The van der Waals surface area contributed by atoms with Crippen LogP contribution in [0.25, 0.3) is 0 Å². The van der Waals surface area contributed by atoms with Crippen molar-refractivity contribution in [1.29, 1.82) is 0 Å². The van der Waals surface area contributed by atoms with Crippen molar-refractivity contribution < 1.29 is 14.3 Å². The summed E-state index contributed by atoms with van der Waals surface area (Å²) in [5.41, 5.74) is 2.26. The molecule has 1 spiro atoms. The fraction of sp³-hybridized carbons (Fsp3) is 0.619. The van der Waals surface area contributed by atoms with Gasteiger partial charge in [0.1, 0.15) is 0 Å². The number of pyridine rings is 1. The Bertz CT molecular complexity index is 660. The van der Waals surface area contributed by atoms with Crippen LogP contribution in [0.3, 0.4) is 0 Å². The largest absolute Gasteiger partial charge is 0.371 e. The fourth-order valence-electron chi connectivity index (χ4n) is 4.32. The van der Waals surface area contributed by atoms with Gasteiger partial charge in [0, 0.05) is 38.3 Å². The number of carbonyl (C=O) groups is 1. The number of hydrogen-bond donors (Lipinski definition) is 0. The van der Waals surface area contributed by atoms with Crippen LogP contribution in [0.15, 0.2) is 36.2 Å². The zero-order valence-electron chi connectivity index (χ0n) is 15.4. The topological polar surface area (TPSA) is 51.7 Å². The minimum Gasteiger partial charge on any atom is -0.371 e. The maximum absolute atomic E-state index is 12.6. The SMILES string of the molecule is O=C(CC1=CCCCC1)N1CC[C@]2(C[C@@H](OCc3ccncc3)CO2)C1. The summed E-state index contributed by atoms with van der Waals surface area (Å²) in [4.78, 5) is 18.7. The number of aromatic nitrogens is 1. The van der Waals surface area contributed by atoms with Gasteiger partial charge in [0.2, 0.25) is 5.91 Å². The third-order valence-electron chi connectivity index (χ3n) is 5.84. The number of allylic oxidation sites excluding steroid dienone is 1. The molecule has 0 unspecified atom stereocenters. The second-order valence-corrected chi connectivity index (χ2v) is 7.84. The second kappa shape index (κ2) is 7.89. The van der Waals surface area contributed by atoms with E-state index in [0.29, 0.717) is 26.2 Å². The molecule has 0 N–H and O–H groups in total. The standard InChI is InChI=1S/C21H28N2O3/c24-20(12-17-4-2-1-3-5-17)23-11-8-21(16-23)13-19(15-26-21)25-14-18-6-9-22-10-7-18/h4,6-7,9-10,19H,1-3,5,8,11-16H2/t19-,21+/m1/s1. The van der Waals surface area contributed by atoms with Gasteiger partial charge in [0.05, 0.1) is 24.9 Å². The van der Waals surface area contributed by atoms with Gasteiger partial charge in [0.25, 0.3) is 0 Å². The Morgan fingerprint density at radius 3 is 3.04 bits per heavy atom. The van der Waals surface area contributed by atoms with Crippen LogP contribution in [0.5, 0.6) is 0 Å². The van der Waals surface area contributed by atoms with Crippen LogP contribution in [0.1, 0.15) is 50.5 Å². The van der Waals surface area contributed by atoms with E-state index in [0.717, 1.165) is 37.8 Å². The second-order valence-electron chi connectivity index (χ2n) is 7.84. The zero-order valence-corrected chi connectivity index (χ0v) is 15.4. The van der Waals surface area contributed by atoms with Crippen LogP contribution in [-0.4, -0.2) is 47.2 Å². The Kier molecular flexibility index (Phi) is 5.36. The highest BCUT2D eigenvalue weighted by Crippen LogP contribution is 2.37. The van der Waals surface area contributed by atoms with Crippen LogP contribution < -0.4 is 0 Å². The van der Waals surface area contributed by atoms with E-state index in [1.807, 2.05) is 17.0 Å². The Morgan fingerprint density at radius 2 is 2.23 bits per heavy atom. The van der Waals surface area contributed by atoms with Crippen molar-refractivity contribution in [3.8, 4) is 0 Å². The van der Waals surface area contributed by atoms with E-state index in [1.54, 1.807) is 12.4 Å². The van der Waals surface area contributed by atoms with Crippen LogP contribution >= 0.6 is 0 Å². The first kappa shape index (κ1) is 17.7. The minimum atomic E-state index is -0.195.